The van der Waals surface area contributed by atoms with Crippen LogP contribution in [0.4, 0.5) is 5.69 Å². The molecule has 0 aliphatic heterocycles. The monoisotopic (exact) mass is 488 g/mol. The fourth-order valence-electron chi connectivity index (χ4n) is 3.26. The van der Waals surface area contributed by atoms with E-state index in [0.717, 1.165) is 23.1 Å². The summed E-state index contributed by atoms with van der Waals surface area (Å²) in [6.45, 7) is 2.11. The Labute approximate surface area is 191 Å². The molecule has 3 aromatic heterocycles. The topological polar surface area (TPSA) is 98.7 Å². The fraction of sp³-hybridized carbons (Fsp3) is 0.0870. The molecule has 3 heterocycles. The Morgan fingerprint density at radius 2 is 1.81 bits per heavy atom. The van der Waals surface area contributed by atoms with Crippen LogP contribution in [0.5, 0.6) is 0 Å². The molecule has 9 heteroatoms. The molecule has 0 unspecified atom stereocenters. The maximum atomic E-state index is 12.8. The molecule has 2 aromatic carbocycles. The highest BCUT2D eigenvalue weighted by Gasteiger charge is 2.15. The standard InChI is InChI=1S/C23H17BrN6O2/c1-2-14-3-9-19-18(11-14)28-23(32-19)15-4-6-16(7-5-15)27-22(31)21-17(24)8-10-20(29-21)30-12-25-26-13-30/h3-13H,2H2,1H3,(H,27,31). The summed E-state index contributed by atoms with van der Waals surface area (Å²) in [5.74, 6) is 0.742. The van der Waals surface area contributed by atoms with Crippen molar-refractivity contribution in [1.29, 1.82) is 0 Å². The molecule has 0 aliphatic carbocycles. The lowest BCUT2D eigenvalue weighted by Gasteiger charge is -2.08. The minimum Gasteiger partial charge on any atom is -0.436 e. The Bertz CT molecular complexity index is 1410. The van der Waals surface area contributed by atoms with Gasteiger partial charge in [0, 0.05) is 15.7 Å². The molecule has 0 radical (unpaired) electrons. The number of amides is 1. The van der Waals surface area contributed by atoms with Crippen molar-refractivity contribution in [2.45, 2.75) is 13.3 Å². The van der Waals surface area contributed by atoms with E-state index < -0.39 is 0 Å². The van der Waals surface area contributed by atoms with E-state index in [1.807, 2.05) is 30.3 Å². The molecule has 158 valence electrons. The lowest BCUT2D eigenvalue weighted by molar-refractivity contribution is 0.102. The molecule has 5 aromatic rings. The highest BCUT2D eigenvalue weighted by Crippen LogP contribution is 2.26. The third-order valence-electron chi connectivity index (χ3n) is 4.98. The molecule has 0 saturated heterocycles. The second-order valence-electron chi connectivity index (χ2n) is 7.08. The van der Waals surface area contributed by atoms with Crippen molar-refractivity contribution in [3.63, 3.8) is 0 Å². The summed E-state index contributed by atoms with van der Waals surface area (Å²) >= 11 is 3.39. The minimum atomic E-state index is -0.339. The quantitative estimate of drug-likeness (QED) is 0.371. The third kappa shape index (κ3) is 3.90. The number of pyridine rings is 1. The second-order valence-corrected chi connectivity index (χ2v) is 7.93. The van der Waals surface area contributed by atoms with Crippen molar-refractivity contribution in [2.75, 3.05) is 5.32 Å². The number of aromatic nitrogens is 5. The Balaban J connectivity index is 1.36. The van der Waals surface area contributed by atoms with Crippen molar-refractivity contribution in [1.82, 2.24) is 24.7 Å². The smallest absolute Gasteiger partial charge is 0.275 e. The Kier molecular flexibility index (Phi) is 5.24. The summed E-state index contributed by atoms with van der Waals surface area (Å²) in [5.41, 5.74) is 4.51. The summed E-state index contributed by atoms with van der Waals surface area (Å²) in [6.07, 6.45) is 3.98. The number of rotatable bonds is 5. The lowest BCUT2D eigenvalue weighted by Crippen LogP contribution is -2.15. The van der Waals surface area contributed by atoms with Crippen molar-refractivity contribution in [2.24, 2.45) is 0 Å². The summed E-state index contributed by atoms with van der Waals surface area (Å²) in [6, 6.07) is 16.9. The van der Waals surface area contributed by atoms with Gasteiger partial charge in [0.05, 0.1) is 0 Å². The van der Waals surface area contributed by atoms with Gasteiger partial charge in [-0.3, -0.25) is 9.36 Å². The molecule has 0 aliphatic rings. The Morgan fingerprint density at radius 1 is 1.03 bits per heavy atom. The summed E-state index contributed by atoms with van der Waals surface area (Å²) < 4.78 is 8.09. The number of nitrogens with one attached hydrogen (secondary N) is 1. The van der Waals surface area contributed by atoms with E-state index in [9.17, 15) is 4.79 Å². The molecular weight excluding hydrogens is 472 g/mol. The van der Waals surface area contributed by atoms with Crippen LogP contribution in [0.1, 0.15) is 23.0 Å². The van der Waals surface area contributed by atoms with Gasteiger partial charge in [0.1, 0.15) is 29.7 Å². The van der Waals surface area contributed by atoms with Gasteiger partial charge in [-0.25, -0.2) is 9.97 Å². The summed E-state index contributed by atoms with van der Waals surface area (Å²) in [5, 5.41) is 10.4. The Hall–Kier alpha value is -3.85. The third-order valence-corrected chi connectivity index (χ3v) is 5.62. The molecule has 0 saturated carbocycles. The maximum absolute atomic E-state index is 12.8. The highest BCUT2D eigenvalue weighted by molar-refractivity contribution is 9.10. The predicted octanol–water partition coefficient (Wildman–Crippen LogP) is 5.05. The lowest BCUT2D eigenvalue weighted by atomic mass is 10.1. The molecule has 32 heavy (non-hydrogen) atoms. The van der Waals surface area contributed by atoms with Gasteiger partial charge >= 0.3 is 0 Å². The van der Waals surface area contributed by atoms with E-state index in [4.69, 9.17) is 4.42 Å². The van der Waals surface area contributed by atoms with E-state index in [2.05, 4.69) is 48.3 Å². The van der Waals surface area contributed by atoms with Gasteiger partial charge in [-0.05, 0) is 76.4 Å². The zero-order valence-corrected chi connectivity index (χ0v) is 18.6. The number of oxazole rings is 1. The second kappa shape index (κ2) is 8.35. The van der Waals surface area contributed by atoms with Crippen LogP contribution < -0.4 is 5.32 Å². The number of nitrogens with zero attached hydrogens (tertiary/aromatic N) is 5. The predicted molar refractivity (Wildman–Crippen MR) is 124 cm³/mol. The van der Waals surface area contributed by atoms with Gasteiger partial charge < -0.3 is 9.73 Å². The largest absolute Gasteiger partial charge is 0.436 e. The average Bonchev–Trinajstić information content (AvgIpc) is 3.49. The van der Waals surface area contributed by atoms with Gasteiger partial charge in [0.25, 0.3) is 5.91 Å². The zero-order valence-electron chi connectivity index (χ0n) is 17.0. The van der Waals surface area contributed by atoms with Crippen molar-refractivity contribution < 1.29 is 9.21 Å². The molecule has 0 spiro atoms. The number of hydrogen-bond donors (Lipinski definition) is 1. The Morgan fingerprint density at radius 3 is 2.56 bits per heavy atom. The van der Waals surface area contributed by atoms with E-state index in [1.165, 1.54) is 18.2 Å². The van der Waals surface area contributed by atoms with Crippen LogP contribution in [0, 0.1) is 0 Å². The van der Waals surface area contributed by atoms with Gasteiger partial charge in [-0.2, -0.15) is 0 Å². The molecule has 1 N–H and O–H groups in total. The molecular formula is C23H17BrN6O2. The van der Waals surface area contributed by atoms with Gasteiger partial charge in [0.15, 0.2) is 5.58 Å². The zero-order chi connectivity index (χ0) is 22.1. The number of aryl methyl sites for hydroxylation is 1. The average molecular weight is 489 g/mol. The number of anilines is 1. The summed E-state index contributed by atoms with van der Waals surface area (Å²) in [7, 11) is 0. The molecule has 8 nitrogen and oxygen atoms in total. The number of halogens is 1. The first kappa shape index (κ1) is 20.1. The van der Waals surface area contributed by atoms with E-state index in [1.54, 1.807) is 28.8 Å². The SMILES string of the molecule is CCc1ccc2oc(-c3ccc(NC(=O)c4nc(-n5cnnc5)ccc4Br)cc3)nc2c1. The van der Waals surface area contributed by atoms with Crippen molar-refractivity contribution >= 4 is 38.6 Å². The molecule has 0 atom stereocenters. The van der Waals surface area contributed by atoms with Gasteiger partial charge in [0.2, 0.25) is 5.89 Å². The first-order valence-electron chi connectivity index (χ1n) is 9.93. The first-order valence-corrected chi connectivity index (χ1v) is 10.7. The normalized spacial score (nSPS) is 11.1. The van der Waals surface area contributed by atoms with Crippen LogP contribution in [0.15, 0.2) is 76.1 Å². The fourth-order valence-corrected chi connectivity index (χ4v) is 3.66. The first-order chi connectivity index (χ1) is 15.6. The number of carbonyl (C=O) groups is 1. The number of benzene rings is 2. The maximum Gasteiger partial charge on any atom is 0.275 e. The van der Waals surface area contributed by atoms with Crippen LogP contribution in [-0.2, 0) is 6.42 Å². The van der Waals surface area contributed by atoms with E-state index in [0.29, 0.717) is 21.9 Å². The number of carbonyl (C=O) groups excluding carboxylic acids is 1. The van der Waals surface area contributed by atoms with Crippen LogP contribution >= 0.6 is 15.9 Å². The highest BCUT2D eigenvalue weighted by atomic mass is 79.9. The van der Waals surface area contributed by atoms with Crippen LogP contribution in [-0.4, -0.2) is 30.6 Å². The van der Waals surface area contributed by atoms with Gasteiger partial charge in [-0.15, -0.1) is 10.2 Å². The van der Waals surface area contributed by atoms with Gasteiger partial charge in [-0.1, -0.05) is 13.0 Å². The van der Waals surface area contributed by atoms with Crippen LogP contribution in [0.3, 0.4) is 0 Å². The molecule has 5 rings (SSSR count). The van der Waals surface area contributed by atoms with Crippen LogP contribution in [0.25, 0.3) is 28.4 Å². The van der Waals surface area contributed by atoms with E-state index >= 15 is 0 Å². The van der Waals surface area contributed by atoms with Crippen molar-refractivity contribution in [3.05, 3.63) is 83.0 Å². The number of fused-ring (bicyclic) bond motifs is 1. The van der Waals surface area contributed by atoms with E-state index in [-0.39, 0.29) is 11.6 Å². The summed E-state index contributed by atoms with van der Waals surface area (Å²) in [4.78, 5) is 21.8. The van der Waals surface area contributed by atoms with Crippen LogP contribution in [0.2, 0.25) is 0 Å². The minimum absolute atomic E-state index is 0.256. The molecule has 1 amide bonds. The van der Waals surface area contributed by atoms with Crippen molar-refractivity contribution in [3.8, 4) is 17.3 Å². The molecule has 0 fully saturated rings. The molecule has 0 bridgehead atoms. The number of hydrogen-bond acceptors (Lipinski definition) is 6.